The molecular weight excluding hydrogens is 267 g/mol. The zero-order chi connectivity index (χ0) is 14.8. The van der Waals surface area contributed by atoms with E-state index >= 15 is 0 Å². The fraction of sp³-hybridized carbons (Fsp3) is 0.188. The third-order valence-electron chi connectivity index (χ3n) is 3.29. The van der Waals surface area contributed by atoms with Crippen LogP contribution < -0.4 is 0 Å². The van der Waals surface area contributed by atoms with Crippen LogP contribution in [0.3, 0.4) is 0 Å². The fourth-order valence-electron chi connectivity index (χ4n) is 2.18. The highest BCUT2D eigenvalue weighted by atomic mass is 19.1. The van der Waals surface area contributed by atoms with Crippen LogP contribution in [0.5, 0.6) is 0 Å². The standard InChI is InChI=1S/C16H15FN4/c1-10-3-4-12(6-14(10)17)7-16-20-11(2)5-15(21-16)13-8-18-19-9-13/h3-6,8-9H,7H2,1-2H3,(H,18,19). The zero-order valence-corrected chi connectivity index (χ0v) is 11.9. The van der Waals surface area contributed by atoms with E-state index < -0.39 is 0 Å². The van der Waals surface area contributed by atoms with Crippen LogP contribution in [0.15, 0.2) is 36.7 Å². The van der Waals surface area contributed by atoms with E-state index in [-0.39, 0.29) is 5.82 Å². The normalized spacial score (nSPS) is 10.8. The number of benzene rings is 1. The lowest BCUT2D eigenvalue weighted by Gasteiger charge is -2.06. The lowest BCUT2D eigenvalue weighted by atomic mass is 10.1. The lowest BCUT2D eigenvalue weighted by Crippen LogP contribution is -2.00. The summed E-state index contributed by atoms with van der Waals surface area (Å²) in [5.41, 5.74) is 4.12. The first-order chi connectivity index (χ1) is 10.1. The Morgan fingerprint density at radius 1 is 1.14 bits per heavy atom. The summed E-state index contributed by atoms with van der Waals surface area (Å²) in [6.07, 6.45) is 4.01. The van der Waals surface area contributed by atoms with Crippen LogP contribution >= 0.6 is 0 Å². The molecule has 1 aromatic carbocycles. The minimum atomic E-state index is -0.199. The Balaban J connectivity index is 1.93. The molecule has 0 fully saturated rings. The highest BCUT2D eigenvalue weighted by molar-refractivity contribution is 5.57. The van der Waals surface area contributed by atoms with Gasteiger partial charge < -0.3 is 0 Å². The van der Waals surface area contributed by atoms with Gasteiger partial charge >= 0.3 is 0 Å². The number of nitrogens with zero attached hydrogens (tertiary/aromatic N) is 3. The van der Waals surface area contributed by atoms with Crippen molar-refractivity contribution < 1.29 is 4.39 Å². The van der Waals surface area contributed by atoms with Gasteiger partial charge in [0.1, 0.15) is 11.6 Å². The number of aromatic amines is 1. The second kappa shape index (κ2) is 5.44. The van der Waals surface area contributed by atoms with Gasteiger partial charge in [0.15, 0.2) is 0 Å². The summed E-state index contributed by atoms with van der Waals surface area (Å²) in [4.78, 5) is 8.96. The minimum Gasteiger partial charge on any atom is -0.285 e. The summed E-state index contributed by atoms with van der Waals surface area (Å²) in [6.45, 7) is 3.67. The molecule has 0 spiro atoms. The van der Waals surface area contributed by atoms with Crippen LogP contribution in [0.4, 0.5) is 4.39 Å². The van der Waals surface area contributed by atoms with Crippen molar-refractivity contribution in [2.24, 2.45) is 0 Å². The Bertz CT molecular complexity index is 766. The average Bonchev–Trinajstić information content (AvgIpc) is 2.96. The molecule has 0 aliphatic heterocycles. The molecule has 0 bridgehead atoms. The zero-order valence-electron chi connectivity index (χ0n) is 11.9. The molecular formula is C16H15FN4. The fourth-order valence-corrected chi connectivity index (χ4v) is 2.18. The van der Waals surface area contributed by atoms with Crippen LogP contribution in [-0.4, -0.2) is 20.2 Å². The van der Waals surface area contributed by atoms with Crippen molar-refractivity contribution in [2.45, 2.75) is 20.3 Å². The number of aromatic nitrogens is 4. The van der Waals surface area contributed by atoms with E-state index in [0.717, 1.165) is 22.5 Å². The van der Waals surface area contributed by atoms with Gasteiger partial charge in [-0.3, -0.25) is 5.10 Å². The highest BCUT2D eigenvalue weighted by Crippen LogP contribution is 2.18. The SMILES string of the molecule is Cc1cc(-c2cn[nH]c2)nc(Cc2ccc(C)c(F)c2)n1. The first-order valence-corrected chi connectivity index (χ1v) is 6.70. The van der Waals surface area contributed by atoms with E-state index in [1.54, 1.807) is 31.5 Å². The van der Waals surface area contributed by atoms with E-state index in [2.05, 4.69) is 20.2 Å². The van der Waals surface area contributed by atoms with Crippen molar-refractivity contribution in [3.8, 4) is 11.3 Å². The largest absolute Gasteiger partial charge is 0.285 e. The molecule has 21 heavy (non-hydrogen) atoms. The molecule has 0 aliphatic carbocycles. The number of halogens is 1. The predicted molar refractivity (Wildman–Crippen MR) is 78.3 cm³/mol. The monoisotopic (exact) mass is 282 g/mol. The molecule has 0 radical (unpaired) electrons. The molecule has 0 unspecified atom stereocenters. The molecule has 106 valence electrons. The summed E-state index contributed by atoms with van der Waals surface area (Å²) in [5, 5.41) is 6.70. The maximum absolute atomic E-state index is 13.6. The van der Waals surface area contributed by atoms with Crippen LogP contribution in [0.2, 0.25) is 0 Å². The average molecular weight is 282 g/mol. The molecule has 1 N–H and O–H groups in total. The number of hydrogen-bond acceptors (Lipinski definition) is 3. The van der Waals surface area contributed by atoms with E-state index in [0.29, 0.717) is 17.8 Å². The van der Waals surface area contributed by atoms with Crippen molar-refractivity contribution in [3.63, 3.8) is 0 Å². The third-order valence-corrected chi connectivity index (χ3v) is 3.29. The summed E-state index contributed by atoms with van der Waals surface area (Å²) < 4.78 is 13.6. The van der Waals surface area contributed by atoms with E-state index in [1.807, 2.05) is 19.1 Å². The molecule has 2 heterocycles. The maximum atomic E-state index is 13.6. The minimum absolute atomic E-state index is 0.199. The first kappa shape index (κ1) is 13.4. The van der Waals surface area contributed by atoms with E-state index in [1.165, 1.54) is 0 Å². The van der Waals surface area contributed by atoms with Crippen molar-refractivity contribution in [3.05, 3.63) is 65.1 Å². The van der Waals surface area contributed by atoms with Gasteiger partial charge in [-0.1, -0.05) is 12.1 Å². The second-order valence-electron chi connectivity index (χ2n) is 5.06. The predicted octanol–water partition coefficient (Wildman–Crippen LogP) is 3.21. The van der Waals surface area contributed by atoms with Gasteiger partial charge in [-0.05, 0) is 37.1 Å². The Labute approximate surface area is 122 Å². The molecule has 0 amide bonds. The van der Waals surface area contributed by atoms with Gasteiger partial charge in [-0.2, -0.15) is 5.10 Å². The Hall–Kier alpha value is -2.56. The van der Waals surface area contributed by atoms with Crippen molar-refractivity contribution in [1.82, 2.24) is 20.2 Å². The quantitative estimate of drug-likeness (QED) is 0.802. The van der Waals surface area contributed by atoms with Crippen molar-refractivity contribution in [1.29, 1.82) is 0 Å². The second-order valence-corrected chi connectivity index (χ2v) is 5.06. The topological polar surface area (TPSA) is 54.5 Å². The molecule has 3 aromatic rings. The number of nitrogens with one attached hydrogen (secondary N) is 1. The Morgan fingerprint density at radius 2 is 2.00 bits per heavy atom. The van der Waals surface area contributed by atoms with Crippen LogP contribution in [0, 0.1) is 19.7 Å². The molecule has 3 rings (SSSR count). The third kappa shape index (κ3) is 2.97. The van der Waals surface area contributed by atoms with Crippen molar-refractivity contribution in [2.75, 3.05) is 0 Å². The number of H-pyrrole nitrogens is 1. The van der Waals surface area contributed by atoms with Gasteiger partial charge in [-0.25, -0.2) is 14.4 Å². The molecule has 0 saturated carbocycles. The van der Waals surface area contributed by atoms with Crippen molar-refractivity contribution >= 4 is 0 Å². The number of rotatable bonds is 3. The molecule has 0 atom stereocenters. The van der Waals surface area contributed by atoms with Gasteiger partial charge in [0, 0.05) is 23.9 Å². The summed E-state index contributed by atoms with van der Waals surface area (Å²) in [6, 6.07) is 7.13. The van der Waals surface area contributed by atoms with Gasteiger partial charge in [0.05, 0.1) is 11.9 Å². The Kier molecular flexibility index (Phi) is 3.48. The van der Waals surface area contributed by atoms with Gasteiger partial charge in [0.2, 0.25) is 0 Å². The molecule has 0 saturated heterocycles. The Morgan fingerprint density at radius 3 is 2.71 bits per heavy atom. The van der Waals surface area contributed by atoms with Crippen LogP contribution in [0.1, 0.15) is 22.6 Å². The van der Waals surface area contributed by atoms with E-state index in [4.69, 9.17) is 0 Å². The maximum Gasteiger partial charge on any atom is 0.133 e. The lowest BCUT2D eigenvalue weighted by molar-refractivity contribution is 0.616. The summed E-state index contributed by atoms with van der Waals surface area (Å²) >= 11 is 0. The number of aryl methyl sites for hydroxylation is 2. The molecule has 0 aliphatic rings. The van der Waals surface area contributed by atoms with E-state index in [9.17, 15) is 4.39 Å². The van der Waals surface area contributed by atoms with Crippen LogP contribution in [-0.2, 0) is 6.42 Å². The number of hydrogen-bond donors (Lipinski definition) is 1. The molecule has 4 nitrogen and oxygen atoms in total. The summed E-state index contributed by atoms with van der Waals surface area (Å²) in [7, 11) is 0. The van der Waals surface area contributed by atoms with Crippen LogP contribution in [0.25, 0.3) is 11.3 Å². The molecule has 2 aromatic heterocycles. The summed E-state index contributed by atoms with van der Waals surface area (Å²) in [5.74, 6) is 0.477. The first-order valence-electron chi connectivity index (χ1n) is 6.70. The van der Waals surface area contributed by atoms with Gasteiger partial charge in [0.25, 0.3) is 0 Å². The highest BCUT2D eigenvalue weighted by Gasteiger charge is 2.08. The van der Waals surface area contributed by atoms with Gasteiger partial charge in [-0.15, -0.1) is 0 Å². The molecule has 5 heteroatoms. The smallest absolute Gasteiger partial charge is 0.133 e.